The summed E-state index contributed by atoms with van der Waals surface area (Å²) < 4.78 is 21.9. The van der Waals surface area contributed by atoms with Crippen molar-refractivity contribution in [1.82, 2.24) is 0 Å². The zero-order valence-electron chi connectivity index (χ0n) is 8.97. The first-order valence-corrected chi connectivity index (χ1v) is 6.85. The Kier molecular flexibility index (Phi) is 3.88. The third-order valence-corrected chi connectivity index (χ3v) is 3.20. The van der Waals surface area contributed by atoms with Crippen molar-refractivity contribution >= 4 is 9.84 Å². The number of hydrogen-bond donors (Lipinski definition) is 1. The number of rotatable bonds is 4. The Morgan fingerprint density at radius 3 is 2.47 bits per heavy atom. The van der Waals surface area contributed by atoms with Crippen LogP contribution in [0.5, 0.6) is 0 Å². The molecule has 0 aliphatic heterocycles. The third kappa shape index (κ3) is 4.44. The van der Waals surface area contributed by atoms with Crippen molar-refractivity contribution < 1.29 is 13.5 Å². The van der Waals surface area contributed by atoms with Crippen molar-refractivity contribution in [3.8, 4) is 0 Å². The normalized spacial score (nSPS) is 13.8. The summed E-state index contributed by atoms with van der Waals surface area (Å²) in [6, 6.07) is 7.65. The highest BCUT2D eigenvalue weighted by atomic mass is 32.2. The molecule has 0 heterocycles. The van der Waals surface area contributed by atoms with E-state index >= 15 is 0 Å². The van der Waals surface area contributed by atoms with Crippen LogP contribution in [-0.4, -0.2) is 31.6 Å². The van der Waals surface area contributed by atoms with Gasteiger partial charge >= 0.3 is 0 Å². The zero-order valence-corrected chi connectivity index (χ0v) is 9.79. The first kappa shape index (κ1) is 12.2. The van der Waals surface area contributed by atoms with E-state index in [1.54, 1.807) is 0 Å². The lowest BCUT2D eigenvalue weighted by Crippen LogP contribution is -2.22. The lowest BCUT2D eigenvalue weighted by atomic mass is 10.0. The number of hydrogen-bond acceptors (Lipinski definition) is 3. The van der Waals surface area contributed by atoms with Gasteiger partial charge in [-0.3, -0.25) is 0 Å². The predicted molar refractivity (Wildman–Crippen MR) is 60.6 cm³/mol. The second-order valence-electron chi connectivity index (χ2n) is 3.88. The Morgan fingerprint density at radius 1 is 1.33 bits per heavy atom. The van der Waals surface area contributed by atoms with E-state index in [0.717, 1.165) is 17.4 Å². The van der Waals surface area contributed by atoms with Gasteiger partial charge in [0.25, 0.3) is 0 Å². The Balaban J connectivity index is 2.67. The van der Waals surface area contributed by atoms with E-state index in [0.29, 0.717) is 6.42 Å². The molecule has 0 fully saturated rings. The lowest BCUT2D eigenvalue weighted by molar-refractivity contribution is 0.198. The van der Waals surface area contributed by atoms with Crippen molar-refractivity contribution in [3.63, 3.8) is 0 Å². The molecular weight excluding hydrogens is 212 g/mol. The fourth-order valence-corrected chi connectivity index (χ4v) is 2.32. The van der Waals surface area contributed by atoms with Gasteiger partial charge in [0.1, 0.15) is 9.84 Å². The van der Waals surface area contributed by atoms with Crippen LogP contribution in [0, 0.1) is 6.92 Å². The average Bonchev–Trinajstić information content (AvgIpc) is 2.05. The lowest BCUT2D eigenvalue weighted by Gasteiger charge is -2.11. The predicted octanol–water partition coefficient (Wildman–Crippen LogP) is 0.943. The number of sulfone groups is 1. The van der Waals surface area contributed by atoms with Crippen molar-refractivity contribution in [2.75, 3.05) is 12.0 Å². The maximum absolute atomic E-state index is 11.0. The maximum Gasteiger partial charge on any atom is 0.150 e. The van der Waals surface area contributed by atoms with Crippen molar-refractivity contribution in [2.45, 2.75) is 19.4 Å². The number of aryl methyl sites for hydroxylation is 1. The molecule has 1 N–H and O–H groups in total. The monoisotopic (exact) mass is 228 g/mol. The van der Waals surface area contributed by atoms with Crippen LogP contribution in [0.25, 0.3) is 0 Å². The van der Waals surface area contributed by atoms with E-state index in [1.807, 2.05) is 31.2 Å². The van der Waals surface area contributed by atoms with Crippen LogP contribution in [0.1, 0.15) is 11.1 Å². The van der Waals surface area contributed by atoms with Crippen LogP contribution in [0.2, 0.25) is 0 Å². The molecule has 1 aromatic rings. The Labute approximate surface area is 90.7 Å². The largest absolute Gasteiger partial charge is 0.392 e. The van der Waals surface area contributed by atoms with Gasteiger partial charge in [-0.2, -0.15) is 0 Å². The number of benzene rings is 1. The van der Waals surface area contributed by atoms with E-state index in [2.05, 4.69) is 0 Å². The summed E-state index contributed by atoms with van der Waals surface area (Å²) in [4.78, 5) is 0. The molecule has 15 heavy (non-hydrogen) atoms. The van der Waals surface area contributed by atoms with Gasteiger partial charge in [-0.05, 0) is 24.5 Å². The van der Waals surface area contributed by atoms with Crippen LogP contribution in [-0.2, 0) is 16.3 Å². The summed E-state index contributed by atoms with van der Waals surface area (Å²) in [5, 5.41) is 9.58. The van der Waals surface area contributed by atoms with Crippen LogP contribution in [0.3, 0.4) is 0 Å². The Hall–Kier alpha value is -0.870. The summed E-state index contributed by atoms with van der Waals surface area (Å²) in [5.41, 5.74) is 2.07. The summed E-state index contributed by atoms with van der Waals surface area (Å²) in [6.07, 6.45) is 0.703. The molecule has 0 aliphatic rings. The summed E-state index contributed by atoms with van der Waals surface area (Å²) in [6.45, 7) is 1.95. The van der Waals surface area contributed by atoms with Gasteiger partial charge in [0.05, 0.1) is 11.9 Å². The molecule has 0 bridgehead atoms. The standard InChI is InChI=1S/C11H16O3S/c1-9-5-3-4-6-10(9)7-11(12)8-15(2,13)14/h3-6,11-12H,7-8H2,1-2H3. The van der Waals surface area contributed by atoms with E-state index in [1.165, 1.54) is 0 Å². The van der Waals surface area contributed by atoms with Crippen LogP contribution in [0.4, 0.5) is 0 Å². The van der Waals surface area contributed by atoms with Gasteiger partial charge in [-0.25, -0.2) is 8.42 Å². The maximum atomic E-state index is 11.0. The summed E-state index contributed by atoms with van der Waals surface area (Å²) >= 11 is 0. The fourth-order valence-electron chi connectivity index (χ4n) is 1.50. The molecule has 1 aromatic carbocycles. The molecule has 0 radical (unpaired) electrons. The van der Waals surface area contributed by atoms with E-state index in [-0.39, 0.29) is 5.75 Å². The van der Waals surface area contributed by atoms with Gasteiger partial charge in [0.2, 0.25) is 0 Å². The minimum absolute atomic E-state index is 0.179. The second kappa shape index (κ2) is 4.77. The van der Waals surface area contributed by atoms with Gasteiger partial charge < -0.3 is 5.11 Å². The minimum atomic E-state index is -3.11. The molecule has 4 heteroatoms. The van der Waals surface area contributed by atoms with E-state index in [4.69, 9.17) is 0 Å². The highest BCUT2D eigenvalue weighted by Crippen LogP contribution is 2.10. The molecule has 0 spiro atoms. The molecule has 3 nitrogen and oxygen atoms in total. The molecule has 0 aromatic heterocycles. The third-order valence-electron chi connectivity index (χ3n) is 2.21. The first-order valence-electron chi connectivity index (χ1n) is 4.79. The quantitative estimate of drug-likeness (QED) is 0.834. The molecule has 0 amide bonds. The molecule has 0 aliphatic carbocycles. The first-order chi connectivity index (χ1) is 6.88. The van der Waals surface area contributed by atoms with Gasteiger partial charge in [-0.15, -0.1) is 0 Å². The van der Waals surface area contributed by atoms with Gasteiger partial charge in [-0.1, -0.05) is 24.3 Å². The smallest absolute Gasteiger partial charge is 0.150 e. The highest BCUT2D eigenvalue weighted by molar-refractivity contribution is 7.90. The Morgan fingerprint density at radius 2 is 1.93 bits per heavy atom. The molecule has 0 saturated carbocycles. The van der Waals surface area contributed by atoms with Gasteiger partial charge in [0, 0.05) is 6.26 Å². The van der Waals surface area contributed by atoms with Crippen molar-refractivity contribution in [3.05, 3.63) is 35.4 Å². The molecule has 1 atom stereocenters. The van der Waals surface area contributed by atoms with Crippen molar-refractivity contribution in [2.24, 2.45) is 0 Å². The number of aliphatic hydroxyl groups excluding tert-OH is 1. The van der Waals surface area contributed by atoms with Crippen LogP contribution >= 0.6 is 0 Å². The summed E-state index contributed by atoms with van der Waals surface area (Å²) in [7, 11) is -3.11. The molecule has 84 valence electrons. The highest BCUT2D eigenvalue weighted by Gasteiger charge is 2.13. The van der Waals surface area contributed by atoms with E-state index < -0.39 is 15.9 Å². The molecule has 1 unspecified atom stereocenters. The Bertz CT molecular complexity index is 423. The summed E-state index contributed by atoms with van der Waals surface area (Å²) in [5.74, 6) is -0.179. The van der Waals surface area contributed by atoms with Crippen LogP contribution < -0.4 is 0 Å². The minimum Gasteiger partial charge on any atom is -0.392 e. The molecular formula is C11H16O3S. The number of aliphatic hydroxyl groups is 1. The SMILES string of the molecule is Cc1ccccc1CC(O)CS(C)(=O)=O. The van der Waals surface area contributed by atoms with Crippen molar-refractivity contribution in [1.29, 1.82) is 0 Å². The molecule has 1 rings (SSSR count). The molecule has 0 saturated heterocycles. The topological polar surface area (TPSA) is 54.4 Å². The zero-order chi connectivity index (χ0) is 11.5. The fraction of sp³-hybridized carbons (Fsp3) is 0.455. The van der Waals surface area contributed by atoms with Gasteiger partial charge in [0.15, 0.2) is 0 Å². The second-order valence-corrected chi connectivity index (χ2v) is 6.06. The average molecular weight is 228 g/mol. The van der Waals surface area contributed by atoms with Crippen LogP contribution in [0.15, 0.2) is 24.3 Å². The van der Waals surface area contributed by atoms with E-state index in [9.17, 15) is 13.5 Å².